The van der Waals surface area contributed by atoms with Crippen LogP contribution in [0.5, 0.6) is 0 Å². The van der Waals surface area contributed by atoms with E-state index in [0.717, 1.165) is 11.2 Å². The summed E-state index contributed by atoms with van der Waals surface area (Å²) in [6.45, 7) is 2.42. The van der Waals surface area contributed by atoms with E-state index >= 15 is 0 Å². The summed E-state index contributed by atoms with van der Waals surface area (Å²) in [6.07, 6.45) is 7.06. The average Bonchev–Trinajstić information content (AvgIpc) is 2.96. The van der Waals surface area contributed by atoms with Gasteiger partial charge in [-0.1, -0.05) is 31.0 Å². The van der Waals surface area contributed by atoms with Crippen molar-refractivity contribution in [3.8, 4) is 0 Å². The number of hydrogen-bond acceptors (Lipinski definition) is 2. The Labute approximate surface area is 108 Å². The third-order valence-corrected chi connectivity index (χ3v) is 5.31. The molecule has 1 saturated carbocycles. The monoisotopic (exact) mass is 247 g/mol. The van der Waals surface area contributed by atoms with Gasteiger partial charge in [0.1, 0.15) is 0 Å². The third kappa shape index (κ3) is 2.86. The lowest BCUT2D eigenvalue weighted by Crippen LogP contribution is -2.28. The van der Waals surface area contributed by atoms with Crippen molar-refractivity contribution in [1.82, 2.24) is 5.32 Å². The van der Waals surface area contributed by atoms with Gasteiger partial charge in [-0.3, -0.25) is 0 Å². The zero-order chi connectivity index (χ0) is 11.5. The van der Waals surface area contributed by atoms with Gasteiger partial charge in [-0.2, -0.15) is 0 Å². The molecule has 1 nitrogen and oxygen atoms in total. The van der Waals surface area contributed by atoms with E-state index in [1.165, 1.54) is 50.1 Å². The first kappa shape index (κ1) is 11.6. The minimum absolute atomic E-state index is 0.758. The molecule has 0 radical (unpaired) electrons. The lowest BCUT2D eigenvalue weighted by atomic mass is 10.1. The van der Waals surface area contributed by atoms with Crippen molar-refractivity contribution in [2.24, 2.45) is 5.92 Å². The predicted molar refractivity (Wildman–Crippen MR) is 74.6 cm³/mol. The first-order valence-electron chi connectivity index (χ1n) is 6.87. The van der Waals surface area contributed by atoms with E-state index in [1.54, 1.807) is 5.56 Å². The molecule has 1 unspecified atom stereocenters. The molecule has 1 N–H and O–H groups in total. The van der Waals surface area contributed by atoms with E-state index < -0.39 is 0 Å². The van der Waals surface area contributed by atoms with E-state index in [4.69, 9.17) is 0 Å². The molecule has 0 amide bonds. The van der Waals surface area contributed by atoms with Crippen LogP contribution < -0.4 is 5.32 Å². The fourth-order valence-corrected chi connectivity index (χ4v) is 4.31. The summed E-state index contributed by atoms with van der Waals surface area (Å²) >= 11 is 2.06. The molecule has 0 bridgehead atoms. The van der Waals surface area contributed by atoms with Crippen LogP contribution in [-0.4, -0.2) is 18.3 Å². The molecule has 1 aliphatic heterocycles. The standard InChI is InChI=1S/C15H21NS/c1-2-6-12(5-1)10-16-11-14-9-13-7-3-4-8-15(13)17-14/h3-4,7-8,12,14,16H,1-2,5-6,9-11H2. The molecule has 2 heteroatoms. The maximum Gasteiger partial charge on any atom is 0.0260 e. The molecule has 1 aliphatic carbocycles. The smallest absolute Gasteiger partial charge is 0.0260 e. The number of nitrogens with one attached hydrogen (secondary N) is 1. The Hall–Kier alpha value is -0.470. The number of thioether (sulfide) groups is 1. The van der Waals surface area contributed by atoms with Gasteiger partial charge in [0, 0.05) is 16.7 Å². The van der Waals surface area contributed by atoms with Crippen LogP contribution >= 0.6 is 11.8 Å². The van der Waals surface area contributed by atoms with E-state index in [1.807, 2.05) is 0 Å². The van der Waals surface area contributed by atoms with Crippen LogP contribution in [0.15, 0.2) is 29.2 Å². The minimum Gasteiger partial charge on any atom is -0.315 e. The molecular weight excluding hydrogens is 226 g/mol. The summed E-state index contributed by atoms with van der Waals surface area (Å²) in [5.74, 6) is 0.962. The topological polar surface area (TPSA) is 12.0 Å². The maximum atomic E-state index is 3.68. The van der Waals surface area contributed by atoms with Crippen molar-refractivity contribution in [3.05, 3.63) is 29.8 Å². The number of hydrogen-bond donors (Lipinski definition) is 1. The summed E-state index contributed by atoms with van der Waals surface area (Å²) in [7, 11) is 0. The van der Waals surface area contributed by atoms with E-state index in [0.29, 0.717) is 0 Å². The Morgan fingerprint density at radius 2 is 1.94 bits per heavy atom. The van der Waals surface area contributed by atoms with Crippen molar-refractivity contribution >= 4 is 11.8 Å². The van der Waals surface area contributed by atoms with Crippen molar-refractivity contribution in [2.45, 2.75) is 42.2 Å². The van der Waals surface area contributed by atoms with Crippen LogP contribution in [-0.2, 0) is 6.42 Å². The summed E-state index contributed by atoms with van der Waals surface area (Å²) < 4.78 is 0. The van der Waals surface area contributed by atoms with E-state index in [9.17, 15) is 0 Å². The highest BCUT2D eigenvalue weighted by Gasteiger charge is 2.22. The quantitative estimate of drug-likeness (QED) is 0.874. The lowest BCUT2D eigenvalue weighted by molar-refractivity contribution is 0.489. The molecule has 3 rings (SSSR count). The Kier molecular flexibility index (Phi) is 3.72. The first-order valence-corrected chi connectivity index (χ1v) is 7.75. The molecule has 1 atom stereocenters. The summed E-state index contributed by atoms with van der Waals surface area (Å²) in [4.78, 5) is 1.50. The molecule has 0 spiro atoms. The molecule has 1 aromatic rings. The molecule has 1 fully saturated rings. The minimum atomic E-state index is 0.758. The van der Waals surface area contributed by atoms with Crippen molar-refractivity contribution in [2.75, 3.05) is 13.1 Å². The van der Waals surface area contributed by atoms with Gasteiger partial charge in [0.2, 0.25) is 0 Å². The van der Waals surface area contributed by atoms with Crippen LogP contribution in [0, 0.1) is 5.92 Å². The lowest BCUT2D eigenvalue weighted by Gasteiger charge is -2.13. The molecule has 0 aromatic heterocycles. The molecule has 2 aliphatic rings. The highest BCUT2D eigenvalue weighted by molar-refractivity contribution is 8.00. The van der Waals surface area contributed by atoms with Gasteiger partial charge in [-0.05, 0) is 43.4 Å². The third-order valence-electron chi connectivity index (χ3n) is 3.99. The Morgan fingerprint density at radius 1 is 1.12 bits per heavy atom. The van der Waals surface area contributed by atoms with Gasteiger partial charge in [-0.25, -0.2) is 0 Å². The second-order valence-electron chi connectivity index (χ2n) is 5.36. The van der Waals surface area contributed by atoms with E-state index in [-0.39, 0.29) is 0 Å². The fourth-order valence-electron chi connectivity index (χ4n) is 3.03. The van der Waals surface area contributed by atoms with Crippen molar-refractivity contribution in [1.29, 1.82) is 0 Å². The highest BCUT2D eigenvalue weighted by atomic mass is 32.2. The number of benzene rings is 1. The van der Waals surface area contributed by atoms with Crippen LogP contribution in [0.2, 0.25) is 0 Å². The molecule has 0 saturated heterocycles. The number of fused-ring (bicyclic) bond motifs is 1. The zero-order valence-corrected chi connectivity index (χ0v) is 11.1. The second kappa shape index (κ2) is 5.45. The van der Waals surface area contributed by atoms with Gasteiger partial charge in [0.05, 0.1) is 0 Å². The SMILES string of the molecule is c1ccc2c(c1)CC(CNCC1CCCC1)S2. The zero-order valence-electron chi connectivity index (χ0n) is 10.3. The maximum absolute atomic E-state index is 3.68. The molecule has 17 heavy (non-hydrogen) atoms. The fraction of sp³-hybridized carbons (Fsp3) is 0.600. The van der Waals surface area contributed by atoms with Gasteiger partial charge in [0.15, 0.2) is 0 Å². The predicted octanol–water partition coefficient (Wildman–Crippen LogP) is 3.48. The van der Waals surface area contributed by atoms with Crippen LogP contribution in [0.3, 0.4) is 0 Å². The Bertz CT molecular complexity index is 346. The normalized spacial score (nSPS) is 24.1. The molecule has 1 aromatic carbocycles. The van der Waals surface area contributed by atoms with Gasteiger partial charge in [0.25, 0.3) is 0 Å². The average molecular weight is 247 g/mol. The molecular formula is C15H21NS. The van der Waals surface area contributed by atoms with Crippen molar-refractivity contribution < 1.29 is 0 Å². The highest BCUT2D eigenvalue weighted by Crippen LogP contribution is 2.36. The summed E-state index contributed by atoms with van der Waals surface area (Å²) in [5.41, 5.74) is 1.55. The van der Waals surface area contributed by atoms with Gasteiger partial charge in [-0.15, -0.1) is 11.8 Å². The molecule has 92 valence electrons. The largest absolute Gasteiger partial charge is 0.315 e. The van der Waals surface area contributed by atoms with Crippen LogP contribution in [0.1, 0.15) is 31.2 Å². The van der Waals surface area contributed by atoms with Gasteiger partial charge < -0.3 is 5.32 Å². The Balaban J connectivity index is 1.43. The molecule has 1 heterocycles. The van der Waals surface area contributed by atoms with E-state index in [2.05, 4.69) is 41.3 Å². The first-order chi connectivity index (χ1) is 8.42. The Morgan fingerprint density at radius 3 is 2.76 bits per heavy atom. The number of rotatable bonds is 4. The van der Waals surface area contributed by atoms with Gasteiger partial charge >= 0.3 is 0 Å². The summed E-state index contributed by atoms with van der Waals surface area (Å²) in [6, 6.07) is 8.85. The van der Waals surface area contributed by atoms with Crippen LogP contribution in [0.4, 0.5) is 0 Å². The van der Waals surface area contributed by atoms with Crippen LogP contribution in [0.25, 0.3) is 0 Å². The van der Waals surface area contributed by atoms with Crippen molar-refractivity contribution in [3.63, 3.8) is 0 Å². The second-order valence-corrected chi connectivity index (χ2v) is 6.70. The summed E-state index contributed by atoms with van der Waals surface area (Å²) in [5, 5.41) is 4.44.